The lowest BCUT2D eigenvalue weighted by atomic mass is 10.4. The summed E-state index contributed by atoms with van der Waals surface area (Å²) in [4.78, 5) is 23.9. The van der Waals surface area contributed by atoms with Crippen LogP contribution in [0.3, 0.4) is 0 Å². The predicted octanol–water partition coefficient (Wildman–Crippen LogP) is 1.17. The van der Waals surface area contributed by atoms with Gasteiger partial charge in [-0.3, -0.25) is 9.59 Å². The molecule has 1 aromatic heterocycles. The van der Waals surface area contributed by atoms with E-state index in [0.29, 0.717) is 12.1 Å². The fraction of sp³-hybridized carbons (Fsp3) is 0.455. The molecule has 0 fully saturated rings. The van der Waals surface area contributed by atoms with Crippen LogP contribution in [0.1, 0.15) is 24.2 Å². The average molecular weight is 208 g/mol. The first kappa shape index (κ1) is 11.5. The van der Waals surface area contributed by atoms with Crippen LogP contribution in [0.15, 0.2) is 18.5 Å². The molecular formula is C11H16N2O2. The van der Waals surface area contributed by atoms with E-state index in [2.05, 4.69) is 0 Å². The van der Waals surface area contributed by atoms with Crippen molar-refractivity contribution in [2.45, 2.75) is 20.4 Å². The molecule has 1 rings (SSSR count). The van der Waals surface area contributed by atoms with E-state index < -0.39 is 0 Å². The first-order chi connectivity index (χ1) is 7.21. The van der Waals surface area contributed by atoms with Crippen LogP contribution in [0.25, 0.3) is 0 Å². The van der Waals surface area contributed by atoms with Gasteiger partial charge < -0.3 is 9.47 Å². The molecule has 0 saturated carbocycles. The fourth-order valence-corrected chi connectivity index (χ4v) is 1.46. The molecule has 0 aliphatic rings. The molecule has 4 heteroatoms. The van der Waals surface area contributed by atoms with Crippen LogP contribution in [0, 0.1) is 0 Å². The summed E-state index contributed by atoms with van der Waals surface area (Å²) in [5.74, 6) is 0.0769. The van der Waals surface area contributed by atoms with Gasteiger partial charge >= 0.3 is 0 Å². The lowest BCUT2D eigenvalue weighted by Gasteiger charge is -2.18. The first-order valence-electron chi connectivity index (χ1n) is 5.10. The third-order valence-electron chi connectivity index (χ3n) is 2.34. The van der Waals surface area contributed by atoms with Crippen molar-refractivity contribution in [2.75, 3.05) is 13.1 Å². The van der Waals surface area contributed by atoms with Crippen LogP contribution in [0.5, 0.6) is 0 Å². The van der Waals surface area contributed by atoms with Gasteiger partial charge in [0.15, 0.2) is 6.29 Å². The highest BCUT2D eigenvalue weighted by molar-refractivity contribution is 5.77. The Morgan fingerprint density at radius 1 is 1.47 bits per heavy atom. The Hall–Kier alpha value is -1.58. The molecule has 1 heterocycles. The number of aldehydes is 1. The van der Waals surface area contributed by atoms with E-state index in [1.165, 1.54) is 0 Å². The van der Waals surface area contributed by atoms with Crippen LogP contribution in [-0.2, 0) is 11.3 Å². The number of hydrogen-bond donors (Lipinski definition) is 0. The average Bonchev–Trinajstić information content (AvgIpc) is 2.67. The Labute approximate surface area is 89.5 Å². The molecule has 1 aromatic rings. The fourth-order valence-electron chi connectivity index (χ4n) is 1.46. The molecule has 0 unspecified atom stereocenters. The van der Waals surface area contributed by atoms with Crippen molar-refractivity contribution in [2.24, 2.45) is 0 Å². The van der Waals surface area contributed by atoms with Gasteiger partial charge in [-0.05, 0) is 19.9 Å². The number of likely N-dealkylation sites (N-methyl/N-ethyl adjacent to an activating group) is 1. The van der Waals surface area contributed by atoms with Gasteiger partial charge in [-0.2, -0.15) is 0 Å². The summed E-state index contributed by atoms with van der Waals surface area (Å²) in [6.45, 7) is 5.64. The Morgan fingerprint density at radius 3 is 2.60 bits per heavy atom. The predicted molar refractivity (Wildman–Crippen MR) is 57.7 cm³/mol. The molecule has 0 N–H and O–H groups in total. The second-order valence-corrected chi connectivity index (χ2v) is 3.30. The Bertz CT molecular complexity index is 340. The Kier molecular flexibility index (Phi) is 4.09. The van der Waals surface area contributed by atoms with Crippen LogP contribution >= 0.6 is 0 Å². The van der Waals surface area contributed by atoms with E-state index in [4.69, 9.17) is 0 Å². The normalized spacial score (nSPS) is 10.0. The van der Waals surface area contributed by atoms with Crippen molar-refractivity contribution < 1.29 is 9.59 Å². The molecule has 0 radical (unpaired) electrons. The number of nitrogens with zero attached hydrogens (tertiary/aromatic N) is 2. The highest BCUT2D eigenvalue weighted by Gasteiger charge is 2.09. The largest absolute Gasteiger partial charge is 0.344 e. The number of carbonyl (C=O) groups excluding carboxylic acids is 2. The Balaban J connectivity index is 2.61. The van der Waals surface area contributed by atoms with Crippen molar-refractivity contribution in [3.05, 3.63) is 24.0 Å². The molecule has 0 atom stereocenters. The molecule has 82 valence electrons. The zero-order chi connectivity index (χ0) is 11.3. The lowest BCUT2D eigenvalue weighted by molar-refractivity contribution is -0.131. The highest BCUT2D eigenvalue weighted by atomic mass is 16.2. The van der Waals surface area contributed by atoms with Crippen LogP contribution < -0.4 is 0 Å². The summed E-state index contributed by atoms with van der Waals surface area (Å²) in [6.07, 6.45) is 4.19. The number of aromatic nitrogens is 1. The van der Waals surface area contributed by atoms with E-state index in [0.717, 1.165) is 19.4 Å². The van der Waals surface area contributed by atoms with Gasteiger partial charge in [0.05, 0.1) is 0 Å². The van der Waals surface area contributed by atoms with Gasteiger partial charge in [0.25, 0.3) is 0 Å². The maximum absolute atomic E-state index is 11.7. The van der Waals surface area contributed by atoms with E-state index >= 15 is 0 Å². The third-order valence-corrected chi connectivity index (χ3v) is 2.34. The van der Waals surface area contributed by atoms with Gasteiger partial charge in [0.1, 0.15) is 6.54 Å². The van der Waals surface area contributed by atoms with Crippen molar-refractivity contribution in [3.8, 4) is 0 Å². The quantitative estimate of drug-likeness (QED) is 0.682. The SMILES string of the molecule is CCN(CC)C(=O)Cn1ccc(C=O)c1. The second-order valence-electron chi connectivity index (χ2n) is 3.30. The maximum atomic E-state index is 11.7. The molecule has 0 saturated heterocycles. The summed E-state index contributed by atoms with van der Waals surface area (Å²) < 4.78 is 1.73. The molecule has 0 aliphatic heterocycles. The number of hydrogen-bond acceptors (Lipinski definition) is 2. The molecule has 0 aromatic carbocycles. The lowest BCUT2D eigenvalue weighted by Crippen LogP contribution is -2.33. The minimum Gasteiger partial charge on any atom is -0.344 e. The molecular weight excluding hydrogens is 192 g/mol. The van der Waals surface area contributed by atoms with Gasteiger partial charge in [-0.25, -0.2) is 0 Å². The molecule has 0 aliphatic carbocycles. The maximum Gasteiger partial charge on any atom is 0.242 e. The highest BCUT2D eigenvalue weighted by Crippen LogP contribution is 1.99. The molecule has 1 amide bonds. The smallest absolute Gasteiger partial charge is 0.242 e. The van der Waals surface area contributed by atoms with E-state index in [1.807, 2.05) is 13.8 Å². The van der Waals surface area contributed by atoms with Gasteiger partial charge in [-0.15, -0.1) is 0 Å². The van der Waals surface area contributed by atoms with Crippen molar-refractivity contribution in [1.29, 1.82) is 0 Å². The van der Waals surface area contributed by atoms with Gasteiger partial charge in [0, 0.05) is 31.0 Å². The number of carbonyl (C=O) groups is 2. The third kappa shape index (κ3) is 2.94. The van der Waals surface area contributed by atoms with Gasteiger partial charge in [0.2, 0.25) is 5.91 Å². The first-order valence-corrected chi connectivity index (χ1v) is 5.10. The standard InChI is InChI=1S/C11H16N2O2/c1-3-13(4-2)11(15)8-12-6-5-10(7-12)9-14/h5-7,9H,3-4,8H2,1-2H3. The number of rotatable bonds is 5. The second kappa shape index (κ2) is 5.34. The topological polar surface area (TPSA) is 42.3 Å². The number of amides is 1. The summed E-state index contributed by atoms with van der Waals surface area (Å²) in [6, 6.07) is 1.70. The minimum absolute atomic E-state index is 0.0769. The monoisotopic (exact) mass is 208 g/mol. The summed E-state index contributed by atoms with van der Waals surface area (Å²) in [5, 5.41) is 0. The summed E-state index contributed by atoms with van der Waals surface area (Å²) >= 11 is 0. The summed E-state index contributed by atoms with van der Waals surface area (Å²) in [7, 11) is 0. The van der Waals surface area contributed by atoms with Crippen molar-refractivity contribution >= 4 is 12.2 Å². The zero-order valence-corrected chi connectivity index (χ0v) is 9.14. The van der Waals surface area contributed by atoms with Crippen LogP contribution in [0.4, 0.5) is 0 Å². The van der Waals surface area contributed by atoms with Crippen LogP contribution in [-0.4, -0.2) is 34.7 Å². The van der Waals surface area contributed by atoms with Crippen molar-refractivity contribution in [1.82, 2.24) is 9.47 Å². The summed E-state index contributed by atoms with van der Waals surface area (Å²) in [5.41, 5.74) is 0.599. The minimum atomic E-state index is 0.0769. The van der Waals surface area contributed by atoms with Crippen LogP contribution in [0.2, 0.25) is 0 Å². The van der Waals surface area contributed by atoms with E-state index in [-0.39, 0.29) is 5.91 Å². The molecule has 4 nitrogen and oxygen atoms in total. The Morgan fingerprint density at radius 2 is 2.13 bits per heavy atom. The van der Waals surface area contributed by atoms with Crippen molar-refractivity contribution in [3.63, 3.8) is 0 Å². The van der Waals surface area contributed by atoms with Gasteiger partial charge in [-0.1, -0.05) is 0 Å². The van der Waals surface area contributed by atoms with E-state index in [9.17, 15) is 9.59 Å². The van der Waals surface area contributed by atoms with E-state index in [1.54, 1.807) is 27.9 Å². The molecule has 0 bridgehead atoms. The zero-order valence-electron chi connectivity index (χ0n) is 9.14. The molecule has 15 heavy (non-hydrogen) atoms. The molecule has 0 spiro atoms.